The molecule has 0 radical (unpaired) electrons. The maximum absolute atomic E-state index is 2.54. The first kappa shape index (κ1) is 8.59. The van der Waals surface area contributed by atoms with Gasteiger partial charge in [-0.3, -0.25) is 0 Å². The molecule has 0 bridgehead atoms. The van der Waals surface area contributed by atoms with Crippen LogP contribution in [0.2, 0.25) is 0 Å². The lowest BCUT2D eigenvalue weighted by Gasteiger charge is -2.09. The van der Waals surface area contributed by atoms with Gasteiger partial charge in [0.05, 0.1) is 0 Å². The molecular formula is C12H22. The van der Waals surface area contributed by atoms with Crippen molar-refractivity contribution in [1.82, 2.24) is 0 Å². The van der Waals surface area contributed by atoms with Gasteiger partial charge in [-0.2, -0.15) is 0 Å². The van der Waals surface area contributed by atoms with Crippen LogP contribution < -0.4 is 0 Å². The number of hydrogen-bond acceptors (Lipinski definition) is 0. The SMILES string of the molecule is CCCCC1(C)[C@@H]2CCCC[C@@H]21. The molecule has 0 aromatic rings. The van der Waals surface area contributed by atoms with Crippen LogP contribution >= 0.6 is 0 Å². The van der Waals surface area contributed by atoms with Gasteiger partial charge in [-0.1, -0.05) is 39.5 Å². The average Bonchev–Trinajstić information content (AvgIpc) is 2.71. The second kappa shape index (κ2) is 3.05. The Morgan fingerprint density at radius 2 is 1.75 bits per heavy atom. The van der Waals surface area contributed by atoms with Gasteiger partial charge in [-0.25, -0.2) is 0 Å². The van der Waals surface area contributed by atoms with E-state index >= 15 is 0 Å². The van der Waals surface area contributed by atoms with Crippen LogP contribution in [0.1, 0.15) is 58.8 Å². The topological polar surface area (TPSA) is 0 Å². The molecule has 0 heteroatoms. The van der Waals surface area contributed by atoms with Gasteiger partial charge >= 0.3 is 0 Å². The highest BCUT2D eigenvalue weighted by atomic mass is 14.6. The zero-order valence-corrected chi connectivity index (χ0v) is 8.60. The average molecular weight is 166 g/mol. The summed E-state index contributed by atoms with van der Waals surface area (Å²) in [6, 6.07) is 0. The summed E-state index contributed by atoms with van der Waals surface area (Å²) in [5.74, 6) is 2.27. The molecule has 0 nitrogen and oxygen atoms in total. The predicted molar refractivity (Wildman–Crippen MR) is 53.1 cm³/mol. The molecule has 2 aliphatic carbocycles. The number of hydrogen-bond donors (Lipinski definition) is 0. The van der Waals surface area contributed by atoms with E-state index in [0.29, 0.717) is 0 Å². The monoisotopic (exact) mass is 166 g/mol. The lowest BCUT2D eigenvalue weighted by molar-refractivity contribution is 0.421. The van der Waals surface area contributed by atoms with E-state index in [1.165, 1.54) is 32.1 Å². The molecule has 12 heavy (non-hydrogen) atoms. The molecular weight excluding hydrogens is 144 g/mol. The summed E-state index contributed by atoms with van der Waals surface area (Å²) < 4.78 is 0. The molecule has 2 saturated carbocycles. The van der Waals surface area contributed by atoms with Gasteiger partial charge in [0, 0.05) is 0 Å². The number of rotatable bonds is 3. The molecule has 70 valence electrons. The standard InChI is InChI=1S/C12H22/c1-3-4-9-12(2)10-7-5-6-8-11(10)12/h10-11H,3-9H2,1-2H3/t10-,11+,12?. The Morgan fingerprint density at radius 3 is 2.25 bits per heavy atom. The minimum atomic E-state index is 0.798. The minimum absolute atomic E-state index is 0.798. The highest BCUT2D eigenvalue weighted by molar-refractivity contribution is 5.08. The van der Waals surface area contributed by atoms with Crippen LogP contribution in [0.3, 0.4) is 0 Å². The second-order valence-electron chi connectivity index (χ2n) is 5.11. The quantitative estimate of drug-likeness (QED) is 0.594. The summed E-state index contributed by atoms with van der Waals surface area (Å²) in [4.78, 5) is 0. The molecule has 0 aliphatic heterocycles. The molecule has 0 heterocycles. The van der Waals surface area contributed by atoms with Crippen molar-refractivity contribution in [2.75, 3.05) is 0 Å². The molecule has 2 rings (SSSR count). The molecule has 2 aliphatic rings. The Hall–Kier alpha value is 0. The highest BCUT2D eigenvalue weighted by Crippen LogP contribution is 2.67. The van der Waals surface area contributed by atoms with Crippen LogP contribution in [0.25, 0.3) is 0 Å². The maximum atomic E-state index is 2.54. The van der Waals surface area contributed by atoms with Crippen LogP contribution in [0.15, 0.2) is 0 Å². The molecule has 1 unspecified atom stereocenters. The van der Waals surface area contributed by atoms with Crippen molar-refractivity contribution in [3.05, 3.63) is 0 Å². The fourth-order valence-electron chi connectivity index (χ4n) is 3.48. The maximum Gasteiger partial charge on any atom is -0.0264 e. The van der Waals surface area contributed by atoms with Crippen LogP contribution in [-0.4, -0.2) is 0 Å². The summed E-state index contributed by atoms with van der Waals surface area (Å²) in [7, 11) is 0. The second-order valence-corrected chi connectivity index (χ2v) is 5.11. The molecule has 3 atom stereocenters. The van der Waals surface area contributed by atoms with Crippen LogP contribution in [0.4, 0.5) is 0 Å². The molecule has 0 spiro atoms. The third-order valence-corrected chi connectivity index (χ3v) is 4.42. The fourth-order valence-corrected chi connectivity index (χ4v) is 3.48. The minimum Gasteiger partial charge on any atom is -0.0654 e. The lowest BCUT2D eigenvalue weighted by atomic mass is 9.96. The third kappa shape index (κ3) is 1.20. The zero-order chi connectivity index (χ0) is 8.60. The Kier molecular flexibility index (Phi) is 2.18. The van der Waals surface area contributed by atoms with Crippen molar-refractivity contribution in [2.24, 2.45) is 17.3 Å². The van der Waals surface area contributed by atoms with E-state index in [4.69, 9.17) is 0 Å². The first-order valence-electron chi connectivity index (χ1n) is 5.79. The lowest BCUT2D eigenvalue weighted by Crippen LogP contribution is -1.98. The molecule has 2 fully saturated rings. The van der Waals surface area contributed by atoms with Gasteiger partial charge in [0.1, 0.15) is 0 Å². The summed E-state index contributed by atoms with van der Waals surface area (Å²) in [5, 5.41) is 0. The predicted octanol–water partition coefficient (Wildman–Crippen LogP) is 4.00. The fraction of sp³-hybridized carbons (Fsp3) is 1.00. The third-order valence-electron chi connectivity index (χ3n) is 4.42. The zero-order valence-electron chi connectivity index (χ0n) is 8.60. The van der Waals surface area contributed by atoms with Crippen molar-refractivity contribution < 1.29 is 0 Å². The largest absolute Gasteiger partial charge is 0.0654 e. The van der Waals surface area contributed by atoms with E-state index in [1.807, 2.05) is 0 Å². The van der Waals surface area contributed by atoms with Gasteiger partial charge in [0.2, 0.25) is 0 Å². The van der Waals surface area contributed by atoms with Gasteiger partial charge < -0.3 is 0 Å². The normalized spacial score (nSPS) is 45.5. The first-order valence-corrected chi connectivity index (χ1v) is 5.79. The molecule has 0 aromatic carbocycles. The number of fused-ring (bicyclic) bond motifs is 1. The van der Waals surface area contributed by atoms with E-state index in [0.717, 1.165) is 17.3 Å². The van der Waals surface area contributed by atoms with Crippen molar-refractivity contribution in [1.29, 1.82) is 0 Å². The molecule has 0 amide bonds. The Bertz CT molecular complexity index is 147. The van der Waals surface area contributed by atoms with Gasteiger partial charge in [-0.15, -0.1) is 0 Å². The van der Waals surface area contributed by atoms with E-state index in [1.54, 1.807) is 12.8 Å². The summed E-state index contributed by atoms with van der Waals surface area (Å²) in [5.41, 5.74) is 0.798. The Labute approximate surface area is 76.7 Å². The van der Waals surface area contributed by atoms with Gasteiger partial charge in [0.15, 0.2) is 0 Å². The smallest absolute Gasteiger partial charge is 0.0264 e. The van der Waals surface area contributed by atoms with Gasteiger partial charge in [0.25, 0.3) is 0 Å². The van der Waals surface area contributed by atoms with Crippen LogP contribution in [-0.2, 0) is 0 Å². The summed E-state index contributed by atoms with van der Waals surface area (Å²) >= 11 is 0. The van der Waals surface area contributed by atoms with Crippen LogP contribution in [0, 0.1) is 17.3 Å². The van der Waals surface area contributed by atoms with Crippen molar-refractivity contribution in [3.63, 3.8) is 0 Å². The van der Waals surface area contributed by atoms with Gasteiger partial charge in [-0.05, 0) is 36.5 Å². The molecule has 0 N–H and O–H groups in total. The number of unbranched alkanes of at least 4 members (excludes halogenated alkanes) is 1. The molecule has 0 saturated heterocycles. The Morgan fingerprint density at radius 1 is 1.17 bits per heavy atom. The first-order chi connectivity index (χ1) is 5.79. The summed E-state index contributed by atoms with van der Waals surface area (Å²) in [6.45, 7) is 4.86. The summed E-state index contributed by atoms with van der Waals surface area (Å²) in [6.07, 6.45) is 10.5. The van der Waals surface area contributed by atoms with E-state index in [-0.39, 0.29) is 0 Å². The van der Waals surface area contributed by atoms with E-state index < -0.39 is 0 Å². The molecule has 0 aromatic heterocycles. The van der Waals surface area contributed by atoms with Crippen LogP contribution in [0.5, 0.6) is 0 Å². The van der Waals surface area contributed by atoms with E-state index in [9.17, 15) is 0 Å². The highest BCUT2D eigenvalue weighted by Gasteiger charge is 2.59. The van der Waals surface area contributed by atoms with Crippen molar-refractivity contribution in [2.45, 2.75) is 58.8 Å². The van der Waals surface area contributed by atoms with Crippen molar-refractivity contribution in [3.8, 4) is 0 Å². The van der Waals surface area contributed by atoms with Crippen molar-refractivity contribution >= 4 is 0 Å². The Balaban J connectivity index is 1.87. The van der Waals surface area contributed by atoms with E-state index in [2.05, 4.69) is 13.8 Å².